The number of hydrogen-bond acceptors (Lipinski definition) is 3. The molecule has 2 N–H and O–H groups in total. The molecule has 0 saturated carbocycles. The predicted octanol–water partition coefficient (Wildman–Crippen LogP) is 1.75. The summed E-state index contributed by atoms with van der Waals surface area (Å²) in [5.41, 5.74) is -0.365. The molecule has 0 spiro atoms. The number of hydrogen-bond donors (Lipinski definition) is 2. The van der Waals surface area contributed by atoms with Crippen LogP contribution in [-0.2, 0) is 0 Å². The van der Waals surface area contributed by atoms with Crippen LogP contribution < -0.4 is 0 Å². The summed E-state index contributed by atoms with van der Waals surface area (Å²) in [6, 6.07) is 4.72. The highest BCUT2D eigenvalue weighted by Gasteiger charge is 2.34. The molecule has 92 valence electrons. The molecule has 1 amide bonds. The number of carbonyl (C=O) groups excluding carboxylic acids is 1. The first kappa shape index (κ1) is 12.4. The van der Waals surface area contributed by atoms with Crippen LogP contribution in [0.1, 0.15) is 23.7 Å². The number of benzene rings is 1. The lowest BCUT2D eigenvalue weighted by molar-refractivity contribution is 0.0572. The van der Waals surface area contributed by atoms with Gasteiger partial charge in [-0.2, -0.15) is 0 Å². The highest BCUT2D eigenvalue weighted by Crippen LogP contribution is 2.27. The van der Waals surface area contributed by atoms with Gasteiger partial charge in [-0.15, -0.1) is 0 Å². The first-order valence-corrected chi connectivity index (χ1v) is 6.18. The molecule has 1 unspecified atom stereocenters. The van der Waals surface area contributed by atoms with Gasteiger partial charge in [-0.3, -0.25) is 4.79 Å². The number of carbonyl (C=O) groups is 1. The van der Waals surface area contributed by atoms with Crippen molar-refractivity contribution in [3.8, 4) is 5.75 Å². The number of aliphatic hydroxyl groups is 1. The molecule has 1 aliphatic heterocycles. The fourth-order valence-electron chi connectivity index (χ4n) is 1.95. The molecule has 1 heterocycles. The third-order valence-electron chi connectivity index (χ3n) is 2.93. The monoisotopic (exact) mass is 299 g/mol. The number of amides is 1. The summed E-state index contributed by atoms with van der Waals surface area (Å²) in [4.78, 5) is 13.7. The Kier molecular flexibility index (Phi) is 3.14. The zero-order chi connectivity index (χ0) is 12.6. The van der Waals surface area contributed by atoms with E-state index >= 15 is 0 Å². The topological polar surface area (TPSA) is 60.8 Å². The number of phenols is 1. The first-order chi connectivity index (χ1) is 7.89. The molecule has 0 bridgehead atoms. The lowest BCUT2D eigenvalue weighted by atomic mass is 10.1. The quantitative estimate of drug-likeness (QED) is 0.830. The van der Waals surface area contributed by atoms with Gasteiger partial charge in [0.2, 0.25) is 0 Å². The van der Waals surface area contributed by atoms with Gasteiger partial charge in [-0.25, -0.2) is 0 Å². The summed E-state index contributed by atoms with van der Waals surface area (Å²) in [5, 5.41) is 19.3. The summed E-state index contributed by atoms with van der Waals surface area (Å²) >= 11 is 3.17. The standard InChI is InChI=1S/C12H14BrNO3/c1-12(17)4-5-14(7-12)11(16)8-2-3-9(13)10(15)6-8/h2-3,6,15,17H,4-5,7H2,1H3. The smallest absolute Gasteiger partial charge is 0.254 e. The average Bonchev–Trinajstić information content (AvgIpc) is 2.62. The van der Waals surface area contributed by atoms with Crippen molar-refractivity contribution in [2.24, 2.45) is 0 Å². The van der Waals surface area contributed by atoms with E-state index in [0.29, 0.717) is 29.5 Å². The average molecular weight is 300 g/mol. The van der Waals surface area contributed by atoms with Gasteiger partial charge in [-0.05, 0) is 47.5 Å². The molecule has 1 fully saturated rings. The summed E-state index contributed by atoms with van der Waals surface area (Å²) in [6.45, 7) is 2.60. The van der Waals surface area contributed by atoms with E-state index in [1.807, 2.05) is 0 Å². The highest BCUT2D eigenvalue weighted by atomic mass is 79.9. The number of halogens is 1. The minimum atomic E-state index is -0.799. The number of β-amino-alcohol motifs (C(OH)–C–C–N with tert-alkyl or cyclic N) is 1. The van der Waals surface area contributed by atoms with Crippen LogP contribution in [0.3, 0.4) is 0 Å². The Morgan fingerprint density at radius 2 is 2.24 bits per heavy atom. The Bertz CT molecular complexity index is 459. The maximum absolute atomic E-state index is 12.1. The van der Waals surface area contributed by atoms with E-state index in [1.54, 1.807) is 24.0 Å². The van der Waals surface area contributed by atoms with E-state index in [-0.39, 0.29) is 11.7 Å². The third-order valence-corrected chi connectivity index (χ3v) is 3.60. The Balaban J connectivity index is 2.18. The second kappa shape index (κ2) is 4.31. The van der Waals surface area contributed by atoms with Gasteiger partial charge < -0.3 is 15.1 Å². The Morgan fingerprint density at radius 3 is 2.76 bits per heavy atom. The number of rotatable bonds is 1. The summed E-state index contributed by atoms with van der Waals surface area (Å²) < 4.78 is 0.558. The van der Waals surface area contributed by atoms with Gasteiger partial charge in [-0.1, -0.05) is 0 Å². The predicted molar refractivity (Wildman–Crippen MR) is 67.0 cm³/mol. The minimum absolute atomic E-state index is 0.0433. The van der Waals surface area contributed by atoms with Crippen LogP contribution in [0.15, 0.2) is 22.7 Å². The van der Waals surface area contributed by atoms with Crippen molar-refractivity contribution in [3.63, 3.8) is 0 Å². The number of aromatic hydroxyl groups is 1. The van der Waals surface area contributed by atoms with Crippen LogP contribution in [-0.4, -0.2) is 39.7 Å². The Labute approximate surface area is 108 Å². The molecule has 0 aliphatic carbocycles. The molecule has 0 aromatic heterocycles. The summed E-state index contributed by atoms with van der Waals surface area (Å²) in [6.07, 6.45) is 0.585. The maximum Gasteiger partial charge on any atom is 0.254 e. The maximum atomic E-state index is 12.1. The van der Waals surface area contributed by atoms with E-state index in [0.717, 1.165) is 0 Å². The molecule has 1 saturated heterocycles. The molecule has 1 aromatic rings. The number of phenolic OH excluding ortho intramolecular Hbond substituents is 1. The second-order valence-electron chi connectivity index (χ2n) is 4.64. The Morgan fingerprint density at radius 1 is 1.53 bits per heavy atom. The van der Waals surface area contributed by atoms with Crippen molar-refractivity contribution in [1.82, 2.24) is 4.90 Å². The zero-order valence-electron chi connectivity index (χ0n) is 9.48. The third kappa shape index (κ3) is 2.61. The van der Waals surface area contributed by atoms with E-state index in [9.17, 15) is 15.0 Å². The van der Waals surface area contributed by atoms with Gasteiger partial charge in [0.25, 0.3) is 5.91 Å². The van der Waals surface area contributed by atoms with E-state index in [4.69, 9.17) is 0 Å². The van der Waals surface area contributed by atoms with Gasteiger partial charge in [0.1, 0.15) is 5.75 Å². The number of nitrogens with zero attached hydrogens (tertiary/aromatic N) is 1. The molecular weight excluding hydrogens is 286 g/mol. The lowest BCUT2D eigenvalue weighted by Crippen LogP contribution is -2.33. The molecule has 5 heteroatoms. The molecule has 1 atom stereocenters. The fourth-order valence-corrected chi connectivity index (χ4v) is 2.19. The van der Waals surface area contributed by atoms with Crippen molar-refractivity contribution < 1.29 is 15.0 Å². The van der Waals surface area contributed by atoms with Gasteiger partial charge in [0.05, 0.1) is 10.1 Å². The van der Waals surface area contributed by atoms with E-state index < -0.39 is 5.60 Å². The molecule has 4 nitrogen and oxygen atoms in total. The SMILES string of the molecule is CC1(O)CCN(C(=O)c2ccc(Br)c(O)c2)C1. The van der Waals surface area contributed by atoms with Crippen LogP contribution in [0.2, 0.25) is 0 Å². The van der Waals surface area contributed by atoms with E-state index in [2.05, 4.69) is 15.9 Å². The molecule has 0 radical (unpaired) electrons. The van der Waals surface area contributed by atoms with Gasteiger partial charge >= 0.3 is 0 Å². The molecule has 2 rings (SSSR count). The zero-order valence-corrected chi connectivity index (χ0v) is 11.1. The van der Waals surface area contributed by atoms with Crippen molar-refractivity contribution in [2.45, 2.75) is 18.9 Å². The van der Waals surface area contributed by atoms with Crippen molar-refractivity contribution in [2.75, 3.05) is 13.1 Å². The normalized spacial score (nSPS) is 24.1. The second-order valence-corrected chi connectivity index (χ2v) is 5.49. The largest absolute Gasteiger partial charge is 0.507 e. The van der Waals surface area contributed by atoms with Crippen LogP contribution in [0.25, 0.3) is 0 Å². The molecule has 17 heavy (non-hydrogen) atoms. The highest BCUT2D eigenvalue weighted by molar-refractivity contribution is 9.10. The fraction of sp³-hybridized carbons (Fsp3) is 0.417. The van der Waals surface area contributed by atoms with Crippen LogP contribution in [0.4, 0.5) is 0 Å². The first-order valence-electron chi connectivity index (χ1n) is 5.39. The Hall–Kier alpha value is -1.07. The lowest BCUT2D eigenvalue weighted by Gasteiger charge is -2.19. The van der Waals surface area contributed by atoms with Crippen molar-refractivity contribution in [1.29, 1.82) is 0 Å². The molecular formula is C12H14BrNO3. The number of likely N-dealkylation sites (tertiary alicyclic amines) is 1. The summed E-state index contributed by atoms with van der Waals surface area (Å²) in [5.74, 6) is -0.118. The minimum Gasteiger partial charge on any atom is -0.507 e. The van der Waals surface area contributed by atoms with Gasteiger partial charge in [0, 0.05) is 18.7 Å². The van der Waals surface area contributed by atoms with Crippen LogP contribution >= 0.6 is 15.9 Å². The van der Waals surface area contributed by atoms with Crippen LogP contribution in [0, 0.1) is 0 Å². The molecule has 1 aliphatic rings. The van der Waals surface area contributed by atoms with E-state index in [1.165, 1.54) is 6.07 Å². The molecule has 1 aromatic carbocycles. The van der Waals surface area contributed by atoms with Crippen LogP contribution in [0.5, 0.6) is 5.75 Å². The summed E-state index contributed by atoms with van der Waals surface area (Å²) in [7, 11) is 0. The van der Waals surface area contributed by atoms with Gasteiger partial charge in [0.15, 0.2) is 0 Å². The van der Waals surface area contributed by atoms with Crippen molar-refractivity contribution in [3.05, 3.63) is 28.2 Å². The van der Waals surface area contributed by atoms with Crippen molar-refractivity contribution >= 4 is 21.8 Å².